The van der Waals surface area contributed by atoms with E-state index in [1.165, 1.54) is 14.1 Å². The van der Waals surface area contributed by atoms with Crippen LogP contribution >= 0.6 is 31.9 Å². The molecule has 0 spiro atoms. The SMILES string of the molecule is CN(C)S(=O)(=O)c1nc2c(Br)c(Br)ccc2n1C#N. The van der Waals surface area contributed by atoms with Gasteiger partial charge < -0.3 is 0 Å². The molecule has 0 unspecified atom stereocenters. The van der Waals surface area contributed by atoms with Gasteiger partial charge in [0.15, 0.2) is 6.19 Å². The first-order valence-corrected chi connectivity index (χ1v) is 8.02. The summed E-state index contributed by atoms with van der Waals surface area (Å²) < 4.78 is 27.6. The first-order chi connectivity index (χ1) is 8.80. The summed E-state index contributed by atoms with van der Waals surface area (Å²) in [6, 6.07) is 3.35. The molecule has 0 amide bonds. The van der Waals surface area contributed by atoms with Crippen molar-refractivity contribution < 1.29 is 8.42 Å². The molecular weight excluding hydrogens is 400 g/mol. The highest BCUT2D eigenvalue weighted by Gasteiger charge is 2.27. The van der Waals surface area contributed by atoms with E-state index in [1.807, 2.05) is 6.19 Å². The lowest BCUT2D eigenvalue weighted by Gasteiger charge is -2.08. The molecule has 0 bridgehead atoms. The van der Waals surface area contributed by atoms with Crippen LogP contribution in [0.4, 0.5) is 0 Å². The molecule has 19 heavy (non-hydrogen) atoms. The molecule has 1 aromatic heterocycles. The van der Waals surface area contributed by atoms with Crippen LogP contribution in [0.15, 0.2) is 26.2 Å². The molecule has 2 rings (SSSR count). The van der Waals surface area contributed by atoms with Crippen molar-refractivity contribution in [1.82, 2.24) is 13.9 Å². The highest BCUT2D eigenvalue weighted by atomic mass is 79.9. The van der Waals surface area contributed by atoms with Gasteiger partial charge in [-0.05, 0) is 44.0 Å². The maximum absolute atomic E-state index is 12.1. The van der Waals surface area contributed by atoms with Gasteiger partial charge in [-0.25, -0.2) is 22.3 Å². The Morgan fingerprint density at radius 2 is 2.00 bits per heavy atom. The molecule has 100 valence electrons. The number of hydrogen-bond donors (Lipinski definition) is 0. The maximum atomic E-state index is 12.1. The third-order valence-electron chi connectivity index (χ3n) is 2.50. The summed E-state index contributed by atoms with van der Waals surface area (Å²) in [7, 11) is -1.00. The van der Waals surface area contributed by atoms with E-state index in [-0.39, 0.29) is 5.16 Å². The topological polar surface area (TPSA) is 79.0 Å². The molecule has 0 saturated heterocycles. The Morgan fingerprint density at radius 3 is 2.53 bits per heavy atom. The van der Waals surface area contributed by atoms with Crippen LogP contribution in [0, 0.1) is 11.5 Å². The van der Waals surface area contributed by atoms with E-state index in [9.17, 15) is 13.7 Å². The quantitative estimate of drug-likeness (QED) is 0.763. The van der Waals surface area contributed by atoms with Gasteiger partial charge in [-0.3, -0.25) is 0 Å². The van der Waals surface area contributed by atoms with Crippen molar-refractivity contribution in [3.8, 4) is 6.19 Å². The van der Waals surface area contributed by atoms with Crippen molar-refractivity contribution in [1.29, 1.82) is 5.26 Å². The van der Waals surface area contributed by atoms with Crippen LogP contribution in [-0.4, -0.2) is 36.4 Å². The van der Waals surface area contributed by atoms with Gasteiger partial charge in [-0.1, -0.05) is 0 Å². The minimum absolute atomic E-state index is 0.297. The zero-order chi connectivity index (χ0) is 14.4. The lowest BCUT2D eigenvalue weighted by Crippen LogP contribution is -2.25. The molecule has 0 atom stereocenters. The lowest BCUT2D eigenvalue weighted by molar-refractivity contribution is 0.510. The summed E-state index contributed by atoms with van der Waals surface area (Å²) in [6.07, 6.45) is 1.84. The Morgan fingerprint density at radius 1 is 1.37 bits per heavy atom. The maximum Gasteiger partial charge on any atom is 0.277 e. The lowest BCUT2D eigenvalue weighted by atomic mass is 10.3. The Balaban J connectivity index is 2.93. The predicted molar refractivity (Wildman–Crippen MR) is 77.0 cm³/mol. The summed E-state index contributed by atoms with van der Waals surface area (Å²) >= 11 is 6.63. The van der Waals surface area contributed by atoms with E-state index in [0.29, 0.717) is 15.5 Å². The van der Waals surface area contributed by atoms with Gasteiger partial charge >= 0.3 is 0 Å². The molecule has 6 nitrogen and oxygen atoms in total. The number of nitrogens with zero attached hydrogens (tertiary/aromatic N) is 4. The molecule has 0 radical (unpaired) electrons. The van der Waals surface area contributed by atoms with Gasteiger partial charge in [0.25, 0.3) is 15.2 Å². The second-order valence-corrected chi connectivity index (χ2v) is 7.54. The van der Waals surface area contributed by atoms with Crippen LogP contribution in [0.1, 0.15) is 0 Å². The summed E-state index contributed by atoms with van der Waals surface area (Å²) in [6.45, 7) is 0. The minimum atomic E-state index is -3.78. The third kappa shape index (κ3) is 2.18. The van der Waals surface area contributed by atoms with Crippen molar-refractivity contribution in [2.24, 2.45) is 0 Å². The van der Waals surface area contributed by atoms with E-state index < -0.39 is 10.0 Å². The fraction of sp³-hybridized carbons (Fsp3) is 0.200. The standard InChI is InChI=1S/C10H8Br2N4O2S/c1-15(2)19(17,18)10-14-9-7(16(10)5-13)4-3-6(11)8(9)12/h3-4H,1-2H3. The normalized spacial score (nSPS) is 12.0. The molecule has 0 saturated carbocycles. The summed E-state index contributed by atoms with van der Waals surface area (Å²) in [5, 5.41) is 8.88. The third-order valence-corrected chi connectivity index (χ3v) is 6.19. The van der Waals surface area contributed by atoms with Crippen molar-refractivity contribution in [2.75, 3.05) is 14.1 Å². The molecule has 0 N–H and O–H groups in total. The van der Waals surface area contributed by atoms with Crippen LogP contribution in [0.5, 0.6) is 0 Å². The van der Waals surface area contributed by atoms with Crippen LogP contribution in [0.3, 0.4) is 0 Å². The largest absolute Gasteiger partial charge is 0.277 e. The van der Waals surface area contributed by atoms with Gasteiger partial charge in [0.05, 0.1) is 9.99 Å². The van der Waals surface area contributed by atoms with Crippen LogP contribution < -0.4 is 0 Å². The van der Waals surface area contributed by atoms with Gasteiger partial charge in [-0.15, -0.1) is 0 Å². The molecule has 1 heterocycles. The van der Waals surface area contributed by atoms with Gasteiger partial charge in [0, 0.05) is 18.6 Å². The number of benzene rings is 1. The van der Waals surface area contributed by atoms with E-state index in [4.69, 9.17) is 0 Å². The molecule has 2 aromatic rings. The van der Waals surface area contributed by atoms with Crippen LogP contribution in [-0.2, 0) is 10.0 Å². The van der Waals surface area contributed by atoms with E-state index in [0.717, 1.165) is 13.3 Å². The number of hydrogen-bond acceptors (Lipinski definition) is 4. The predicted octanol–water partition coefficient (Wildman–Crippen LogP) is 2.14. The monoisotopic (exact) mass is 406 g/mol. The Bertz CT molecular complexity index is 805. The van der Waals surface area contributed by atoms with Crippen LogP contribution in [0.2, 0.25) is 0 Å². The number of aromatic nitrogens is 2. The zero-order valence-electron chi connectivity index (χ0n) is 9.92. The number of rotatable bonds is 2. The van der Waals surface area contributed by atoms with E-state index in [1.54, 1.807) is 12.1 Å². The Labute approximate surface area is 126 Å². The Kier molecular flexibility index (Phi) is 3.70. The molecule has 0 fully saturated rings. The molecule has 0 aliphatic carbocycles. The first kappa shape index (κ1) is 14.5. The fourth-order valence-corrected chi connectivity index (χ4v) is 3.15. The number of halogens is 2. The number of imidazole rings is 1. The second-order valence-electron chi connectivity index (χ2n) is 3.85. The smallest absolute Gasteiger partial charge is 0.217 e. The molecule has 1 aromatic carbocycles. The average Bonchev–Trinajstić information content (AvgIpc) is 2.73. The summed E-state index contributed by atoms with van der Waals surface area (Å²) in [4.78, 5) is 4.07. The van der Waals surface area contributed by atoms with Crippen molar-refractivity contribution in [3.63, 3.8) is 0 Å². The van der Waals surface area contributed by atoms with E-state index in [2.05, 4.69) is 36.8 Å². The minimum Gasteiger partial charge on any atom is -0.217 e. The number of sulfonamides is 1. The van der Waals surface area contributed by atoms with Crippen molar-refractivity contribution in [2.45, 2.75) is 5.16 Å². The van der Waals surface area contributed by atoms with Crippen molar-refractivity contribution in [3.05, 3.63) is 21.1 Å². The van der Waals surface area contributed by atoms with Gasteiger partial charge in [-0.2, -0.15) is 5.26 Å². The highest BCUT2D eigenvalue weighted by Crippen LogP contribution is 2.32. The van der Waals surface area contributed by atoms with Crippen LogP contribution in [0.25, 0.3) is 11.0 Å². The van der Waals surface area contributed by atoms with E-state index >= 15 is 0 Å². The first-order valence-electron chi connectivity index (χ1n) is 4.99. The number of fused-ring (bicyclic) bond motifs is 1. The Hall–Kier alpha value is -0.950. The molecule has 0 aliphatic heterocycles. The highest BCUT2D eigenvalue weighted by molar-refractivity contribution is 9.13. The molecule has 9 heteroatoms. The summed E-state index contributed by atoms with van der Waals surface area (Å²) in [5.41, 5.74) is 0.842. The molecular formula is C10H8Br2N4O2S. The molecule has 0 aliphatic rings. The van der Waals surface area contributed by atoms with Gasteiger partial charge in [0.1, 0.15) is 5.52 Å². The zero-order valence-corrected chi connectivity index (χ0v) is 13.9. The average molecular weight is 408 g/mol. The van der Waals surface area contributed by atoms with Gasteiger partial charge in [0.2, 0.25) is 0 Å². The fourth-order valence-electron chi connectivity index (χ4n) is 1.50. The van der Waals surface area contributed by atoms with Crippen molar-refractivity contribution >= 4 is 52.9 Å². The second kappa shape index (κ2) is 4.86. The number of nitriles is 1. The summed E-state index contributed by atoms with van der Waals surface area (Å²) in [5.74, 6) is 0.